The first-order valence-electron chi connectivity index (χ1n) is 7.79. The van der Waals surface area contributed by atoms with E-state index in [0.29, 0.717) is 17.0 Å². The van der Waals surface area contributed by atoms with Crippen LogP contribution in [-0.4, -0.2) is 27.4 Å². The molecule has 0 aliphatic carbocycles. The minimum Gasteiger partial charge on any atom is -0.507 e. The molecule has 0 aliphatic rings. The fraction of sp³-hybridized carbons (Fsp3) is 0.105. The van der Waals surface area contributed by atoms with E-state index in [2.05, 4.69) is 20.7 Å². The van der Waals surface area contributed by atoms with Gasteiger partial charge in [0.2, 0.25) is 0 Å². The number of aryl methyl sites for hydroxylation is 2. The second kappa shape index (κ2) is 7.00. The average molecular weight is 334 g/mol. The third-order valence-corrected chi connectivity index (χ3v) is 3.93. The third-order valence-electron chi connectivity index (χ3n) is 3.93. The van der Waals surface area contributed by atoms with E-state index < -0.39 is 5.91 Å². The van der Waals surface area contributed by atoms with Crippen LogP contribution in [0.2, 0.25) is 0 Å². The number of benzene rings is 2. The highest BCUT2D eigenvalue weighted by molar-refractivity contribution is 5.94. The average Bonchev–Trinajstić information content (AvgIpc) is 3.09. The van der Waals surface area contributed by atoms with Crippen LogP contribution in [0.1, 0.15) is 27.2 Å². The Morgan fingerprint density at radius 1 is 1.16 bits per heavy atom. The predicted molar refractivity (Wildman–Crippen MR) is 96.7 cm³/mol. The molecule has 0 bridgehead atoms. The zero-order valence-corrected chi connectivity index (χ0v) is 13.9. The van der Waals surface area contributed by atoms with Crippen molar-refractivity contribution >= 4 is 12.1 Å². The number of aromatic nitrogens is 2. The number of aromatic hydroxyl groups is 1. The smallest absolute Gasteiger partial charge is 0.289 e. The molecule has 25 heavy (non-hydrogen) atoms. The van der Waals surface area contributed by atoms with Gasteiger partial charge in [0.25, 0.3) is 5.91 Å². The maximum Gasteiger partial charge on any atom is 0.289 e. The summed E-state index contributed by atoms with van der Waals surface area (Å²) in [5, 5.41) is 20.4. The van der Waals surface area contributed by atoms with Crippen molar-refractivity contribution in [3.63, 3.8) is 0 Å². The SMILES string of the molecule is Cc1ccc(-c2cc(C(=O)N/N=C/c3ccccc3O)[nH]n2)cc1C. The van der Waals surface area contributed by atoms with Gasteiger partial charge in [0.05, 0.1) is 11.9 Å². The van der Waals surface area contributed by atoms with Crippen LogP contribution in [0.15, 0.2) is 53.6 Å². The number of H-pyrrole nitrogens is 1. The van der Waals surface area contributed by atoms with E-state index in [9.17, 15) is 9.90 Å². The van der Waals surface area contributed by atoms with Crippen LogP contribution in [0.5, 0.6) is 5.75 Å². The van der Waals surface area contributed by atoms with Gasteiger partial charge in [-0.3, -0.25) is 9.89 Å². The Balaban J connectivity index is 1.70. The topological polar surface area (TPSA) is 90.4 Å². The zero-order chi connectivity index (χ0) is 17.8. The van der Waals surface area contributed by atoms with E-state index in [0.717, 1.165) is 5.56 Å². The lowest BCUT2D eigenvalue weighted by Gasteiger charge is -2.01. The van der Waals surface area contributed by atoms with Gasteiger partial charge in [0.15, 0.2) is 0 Å². The number of hydrogen-bond donors (Lipinski definition) is 3. The minimum absolute atomic E-state index is 0.0964. The monoisotopic (exact) mass is 334 g/mol. The van der Waals surface area contributed by atoms with Crippen LogP contribution < -0.4 is 5.43 Å². The van der Waals surface area contributed by atoms with Crippen LogP contribution in [0.4, 0.5) is 0 Å². The summed E-state index contributed by atoms with van der Waals surface area (Å²) in [6, 6.07) is 14.4. The molecule has 0 radical (unpaired) electrons. The van der Waals surface area contributed by atoms with Crippen LogP contribution in [0.3, 0.4) is 0 Å². The molecule has 3 aromatic rings. The molecule has 0 spiro atoms. The summed E-state index contributed by atoms with van der Waals surface area (Å²) in [6.45, 7) is 4.08. The lowest BCUT2D eigenvalue weighted by Crippen LogP contribution is -2.18. The van der Waals surface area contributed by atoms with Gasteiger partial charge in [0, 0.05) is 11.1 Å². The maximum atomic E-state index is 12.1. The number of phenols is 1. The molecule has 0 atom stereocenters. The lowest BCUT2D eigenvalue weighted by atomic mass is 10.0. The highest BCUT2D eigenvalue weighted by Gasteiger charge is 2.11. The van der Waals surface area contributed by atoms with Gasteiger partial charge in [-0.1, -0.05) is 24.3 Å². The van der Waals surface area contributed by atoms with Crippen molar-refractivity contribution in [2.45, 2.75) is 13.8 Å². The zero-order valence-electron chi connectivity index (χ0n) is 13.9. The summed E-state index contributed by atoms with van der Waals surface area (Å²) in [4.78, 5) is 12.1. The van der Waals surface area contributed by atoms with Crippen LogP contribution >= 0.6 is 0 Å². The molecule has 3 rings (SSSR count). The molecule has 1 amide bonds. The summed E-state index contributed by atoms with van der Waals surface area (Å²) < 4.78 is 0. The highest BCUT2D eigenvalue weighted by atomic mass is 16.3. The first kappa shape index (κ1) is 16.4. The van der Waals surface area contributed by atoms with Gasteiger partial charge in [-0.25, -0.2) is 5.43 Å². The molecule has 0 aliphatic heterocycles. The second-order valence-corrected chi connectivity index (χ2v) is 5.72. The number of nitrogens with one attached hydrogen (secondary N) is 2. The molecule has 2 aromatic carbocycles. The normalized spacial score (nSPS) is 11.0. The molecule has 6 heteroatoms. The maximum absolute atomic E-state index is 12.1. The molecule has 0 unspecified atom stereocenters. The number of amides is 1. The molecular weight excluding hydrogens is 316 g/mol. The van der Waals surface area contributed by atoms with E-state index in [1.54, 1.807) is 30.3 Å². The van der Waals surface area contributed by atoms with Gasteiger partial charge in [-0.2, -0.15) is 10.2 Å². The molecule has 126 valence electrons. The Kier molecular flexibility index (Phi) is 4.61. The second-order valence-electron chi connectivity index (χ2n) is 5.72. The van der Waals surface area contributed by atoms with Crippen molar-refractivity contribution < 1.29 is 9.90 Å². The molecule has 6 nitrogen and oxygen atoms in total. The minimum atomic E-state index is -0.408. The fourth-order valence-corrected chi connectivity index (χ4v) is 2.30. The highest BCUT2D eigenvalue weighted by Crippen LogP contribution is 2.21. The molecule has 0 saturated heterocycles. The van der Waals surface area contributed by atoms with Gasteiger partial charge >= 0.3 is 0 Å². The number of aromatic amines is 1. The molecule has 1 heterocycles. The fourth-order valence-electron chi connectivity index (χ4n) is 2.30. The van der Waals surface area contributed by atoms with Crippen molar-refractivity contribution in [2.24, 2.45) is 5.10 Å². The number of hydrazone groups is 1. The number of rotatable bonds is 4. The molecule has 3 N–H and O–H groups in total. The molecule has 0 fully saturated rings. The van der Waals surface area contributed by atoms with E-state index in [1.807, 2.05) is 32.0 Å². The number of nitrogens with zero attached hydrogens (tertiary/aromatic N) is 2. The molecule has 1 aromatic heterocycles. The number of hydrogen-bond acceptors (Lipinski definition) is 4. The predicted octanol–water partition coefficient (Wildman–Crippen LogP) is 3.16. The number of phenolic OH excluding ortho intramolecular Hbond substituents is 1. The van der Waals surface area contributed by atoms with Crippen molar-refractivity contribution in [3.8, 4) is 17.0 Å². The molecule has 0 saturated carbocycles. The lowest BCUT2D eigenvalue weighted by molar-refractivity contribution is 0.0950. The number of carbonyl (C=O) groups is 1. The van der Waals surface area contributed by atoms with E-state index in [1.165, 1.54) is 17.3 Å². The first-order valence-corrected chi connectivity index (χ1v) is 7.79. The summed E-state index contributed by atoms with van der Waals surface area (Å²) in [7, 11) is 0. The largest absolute Gasteiger partial charge is 0.507 e. The summed E-state index contributed by atoms with van der Waals surface area (Å²) in [6.07, 6.45) is 1.38. The summed E-state index contributed by atoms with van der Waals surface area (Å²) in [5.74, 6) is -0.312. The van der Waals surface area contributed by atoms with Crippen LogP contribution in [0, 0.1) is 13.8 Å². The Labute approximate surface area is 145 Å². The van der Waals surface area contributed by atoms with Gasteiger partial charge in [-0.05, 0) is 49.2 Å². The van der Waals surface area contributed by atoms with E-state index >= 15 is 0 Å². The van der Waals surface area contributed by atoms with Crippen molar-refractivity contribution in [1.29, 1.82) is 0 Å². The van der Waals surface area contributed by atoms with E-state index in [4.69, 9.17) is 0 Å². The Bertz CT molecular complexity index is 944. The third kappa shape index (κ3) is 3.74. The molecular formula is C19H18N4O2. The van der Waals surface area contributed by atoms with Gasteiger partial charge in [0.1, 0.15) is 11.4 Å². The van der Waals surface area contributed by atoms with Gasteiger partial charge in [-0.15, -0.1) is 0 Å². The van der Waals surface area contributed by atoms with Crippen LogP contribution in [-0.2, 0) is 0 Å². The van der Waals surface area contributed by atoms with E-state index in [-0.39, 0.29) is 5.75 Å². The number of para-hydroxylation sites is 1. The van der Waals surface area contributed by atoms with Crippen LogP contribution in [0.25, 0.3) is 11.3 Å². The Morgan fingerprint density at radius 2 is 1.96 bits per heavy atom. The first-order chi connectivity index (χ1) is 12.0. The van der Waals surface area contributed by atoms with Crippen molar-refractivity contribution in [3.05, 3.63) is 70.9 Å². The Hall–Kier alpha value is -3.41. The van der Waals surface area contributed by atoms with Crippen molar-refractivity contribution in [2.75, 3.05) is 0 Å². The van der Waals surface area contributed by atoms with Crippen molar-refractivity contribution in [1.82, 2.24) is 15.6 Å². The standard InChI is InChI=1S/C19H18N4O2/c1-12-7-8-14(9-13(12)2)16-10-17(22-21-16)19(25)23-20-11-15-5-3-4-6-18(15)24/h3-11,24H,1-2H3,(H,21,22)(H,23,25)/b20-11+. The number of carbonyl (C=O) groups excluding carboxylic acids is 1. The summed E-state index contributed by atoms with van der Waals surface area (Å²) in [5.41, 5.74) is 7.24. The summed E-state index contributed by atoms with van der Waals surface area (Å²) >= 11 is 0. The quantitative estimate of drug-likeness (QED) is 0.505. The van der Waals surface area contributed by atoms with Gasteiger partial charge < -0.3 is 5.11 Å². The Morgan fingerprint density at radius 3 is 2.72 bits per heavy atom.